The summed E-state index contributed by atoms with van der Waals surface area (Å²) in [5.41, 5.74) is 7.66. The number of rotatable bonds is 5. The summed E-state index contributed by atoms with van der Waals surface area (Å²) in [7, 11) is -2.16. The van der Waals surface area contributed by atoms with Crippen LogP contribution >= 0.6 is 12.4 Å². The molecule has 0 fully saturated rings. The Labute approximate surface area is 143 Å². The van der Waals surface area contributed by atoms with Gasteiger partial charge in [-0.05, 0) is 37.1 Å². The second kappa shape index (κ2) is 7.61. The Hall–Kier alpha value is -1.15. The number of nitrogens with zero attached hydrogens (tertiary/aromatic N) is 1. The van der Waals surface area contributed by atoms with Gasteiger partial charge in [0.15, 0.2) is 0 Å². The second-order valence-electron chi connectivity index (χ2n) is 5.65. The van der Waals surface area contributed by atoms with Gasteiger partial charge in [0.05, 0.1) is 10.9 Å². The number of nitrogens with two attached hydrogens (primary N) is 1. The van der Waals surface area contributed by atoms with Crippen molar-refractivity contribution in [1.29, 1.82) is 0 Å². The predicted octanol–water partition coefficient (Wildman–Crippen LogP) is 1.28. The molecule has 0 saturated carbocycles. The minimum absolute atomic E-state index is 0. The van der Waals surface area contributed by atoms with E-state index in [0.717, 1.165) is 12.0 Å². The van der Waals surface area contributed by atoms with Gasteiger partial charge in [-0.15, -0.1) is 12.4 Å². The second-order valence-corrected chi connectivity index (χ2v) is 7.54. The zero-order valence-corrected chi connectivity index (χ0v) is 15.2. The molecule has 2 unspecified atom stereocenters. The third-order valence-electron chi connectivity index (χ3n) is 4.34. The minimum Gasteiger partial charge on any atom is -0.320 e. The quantitative estimate of drug-likeness (QED) is 0.826. The molecule has 23 heavy (non-hydrogen) atoms. The van der Waals surface area contributed by atoms with Crippen molar-refractivity contribution in [3.05, 3.63) is 23.8 Å². The molecule has 1 aliphatic rings. The Morgan fingerprint density at radius 3 is 2.65 bits per heavy atom. The molecule has 3 N–H and O–H groups in total. The van der Waals surface area contributed by atoms with Gasteiger partial charge in [-0.3, -0.25) is 4.79 Å². The van der Waals surface area contributed by atoms with Crippen molar-refractivity contribution in [2.75, 3.05) is 18.5 Å². The number of halogens is 1. The van der Waals surface area contributed by atoms with Crippen LogP contribution < -0.4 is 15.4 Å². The Bertz CT molecular complexity index is 679. The number of benzene rings is 1. The van der Waals surface area contributed by atoms with Crippen LogP contribution in [0, 0.1) is 5.92 Å². The van der Waals surface area contributed by atoms with Gasteiger partial charge in [0.2, 0.25) is 15.9 Å². The number of carbonyl (C=O) groups excluding carboxylic acids is 1. The van der Waals surface area contributed by atoms with Gasteiger partial charge in [-0.1, -0.05) is 26.3 Å². The van der Waals surface area contributed by atoms with Crippen molar-refractivity contribution in [3.8, 4) is 0 Å². The lowest BCUT2D eigenvalue weighted by Crippen LogP contribution is -2.46. The van der Waals surface area contributed by atoms with Gasteiger partial charge in [0.1, 0.15) is 0 Å². The first-order valence-corrected chi connectivity index (χ1v) is 8.93. The Kier molecular flexibility index (Phi) is 6.59. The lowest BCUT2D eigenvalue weighted by molar-refractivity contribution is -0.120. The zero-order valence-electron chi connectivity index (χ0n) is 13.6. The summed E-state index contributed by atoms with van der Waals surface area (Å²) in [5, 5.41) is 0. The van der Waals surface area contributed by atoms with E-state index >= 15 is 0 Å². The first-order valence-electron chi connectivity index (χ1n) is 7.45. The molecule has 0 saturated heterocycles. The fraction of sp³-hybridized carbons (Fsp3) is 0.533. The standard InChI is InChI=1S/C15H23N3O3S.ClH/c1-4-10(2)14(16)15(19)18-8-7-11-5-6-12(9-13(11)18)22(20,21)17-3;/h5-6,9-10,14,17H,4,7-8,16H2,1-3H3;1H. The fourth-order valence-corrected chi connectivity index (χ4v) is 3.30. The molecule has 130 valence electrons. The molecule has 1 aromatic carbocycles. The number of amides is 1. The van der Waals surface area contributed by atoms with E-state index in [0.29, 0.717) is 18.7 Å². The van der Waals surface area contributed by atoms with E-state index in [4.69, 9.17) is 5.73 Å². The molecule has 1 aromatic rings. The van der Waals surface area contributed by atoms with Crippen molar-refractivity contribution in [1.82, 2.24) is 4.72 Å². The van der Waals surface area contributed by atoms with Gasteiger partial charge in [0, 0.05) is 12.2 Å². The zero-order chi connectivity index (χ0) is 16.5. The molecule has 2 rings (SSSR count). The number of hydrogen-bond donors (Lipinski definition) is 2. The maximum atomic E-state index is 12.6. The lowest BCUT2D eigenvalue weighted by atomic mass is 9.99. The van der Waals surface area contributed by atoms with Crippen LogP contribution in [0.25, 0.3) is 0 Å². The Morgan fingerprint density at radius 2 is 2.09 bits per heavy atom. The van der Waals surface area contributed by atoms with E-state index in [9.17, 15) is 13.2 Å². The van der Waals surface area contributed by atoms with Crippen LogP contribution in [-0.4, -0.2) is 34.0 Å². The highest BCUT2D eigenvalue weighted by atomic mass is 35.5. The summed E-state index contributed by atoms with van der Waals surface area (Å²) in [6.07, 6.45) is 1.54. The Morgan fingerprint density at radius 1 is 1.43 bits per heavy atom. The number of nitrogens with one attached hydrogen (secondary N) is 1. The normalized spacial score (nSPS) is 16.4. The highest BCUT2D eigenvalue weighted by Crippen LogP contribution is 2.31. The summed E-state index contributed by atoms with van der Waals surface area (Å²) in [5.74, 6) is -0.0621. The van der Waals surface area contributed by atoms with Gasteiger partial charge in [0.25, 0.3) is 0 Å². The molecular formula is C15H24ClN3O3S. The SMILES string of the molecule is CCC(C)C(N)C(=O)N1CCc2ccc(S(=O)(=O)NC)cc21.Cl. The molecule has 1 amide bonds. The highest BCUT2D eigenvalue weighted by molar-refractivity contribution is 7.89. The van der Waals surface area contributed by atoms with Crippen LogP contribution in [0.5, 0.6) is 0 Å². The molecule has 6 nitrogen and oxygen atoms in total. The molecule has 1 heterocycles. The fourth-order valence-electron chi connectivity index (χ4n) is 2.55. The maximum Gasteiger partial charge on any atom is 0.244 e. The van der Waals surface area contributed by atoms with E-state index in [-0.39, 0.29) is 29.1 Å². The van der Waals surface area contributed by atoms with Crippen molar-refractivity contribution in [3.63, 3.8) is 0 Å². The van der Waals surface area contributed by atoms with Gasteiger partial charge < -0.3 is 10.6 Å². The van der Waals surface area contributed by atoms with E-state index in [1.807, 2.05) is 13.8 Å². The molecule has 8 heteroatoms. The smallest absolute Gasteiger partial charge is 0.244 e. The number of sulfonamides is 1. The monoisotopic (exact) mass is 361 g/mol. The van der Waals surface area contributed by atoms with E-state index in [1.165, 1.54) is 7.05 Å². The summed E-state index contributed by atoms with van der Waals surface area (Å²) in [4.78, 5) is 14.3. The van der Waals surface area contributed by atoms with Gasteiger partial charge in [-0.2, -0.15) is 0 Å². The van der Waals surface area contributed by atoms with Gasteiger partial charge in [-0.25, -0.2) is 13.1 Å². The predicted molar refractivity (Wildman–Crippen MR) is 93.4 cm³/mol. The third-order valence-corrected chi connectivity index (χ3v) is 5.75. The average molecular weight is 362 g/mol. The van der Waals surface area contributed by atoms with E-state index in [2.05, 4.69) is 4.72 Å². The summed E-state index contributed by atoms with van der Waals surface area (Å²) in [6.45, 7) is 4.48. The van der Waals surface area contributed by atoms with Crippen molar-refractivity contribution in [2.24, 2.45) is 11.7 Å². The van der Waals surface area contributed by atoms with Crippen molar-refractivity contribution in [2.45, 2.75) is 37.6 Å². The number of anilines is 1. The summed E-state index contributed by atoms with van der Waals surface area (Å²) < 4.78 is 26.1. The molecule has 0 aromatic heterocycles. The van der Waals surface area contributed by atoms with E-state index in [1.54, 1.807) is 23.1 Å². The molecule has 0 radical (unpaired) electrons. The molecule has 1 aliphatic heterocycles. The van der Waals surface area contributed by atoms with Crippen LogP contribution in [0.4, 0.5) is 5.69 Å². The highest BCUT2D eigenvalue weighted by Gasteiger charge is 2.31. The number of fused-ring (bicyclic) bond motifs is 1. The largest absolute Gasteiger partial charge is 0.320 e. The maximum absolute atomic E-state index is 12.6. The minimum atomic E-state index is -3.53. The lowest BCUT2D eigenvalue weighted by Gasteiger charge is -2.25. The molecular weight excluding hydrogens is 338 g/mol. The Balaban J connectivity index is 0.00000264. The van der Waals surface area contributed by atoms with Crippen LogP contribution in [0.3, 0.4) is 0 Å². The van der Waals surface area contributed by atoms with E-state index < -0.39 is 16.1 Å². The van der Waals surface area contributed by atoms with Crippen molar-refractivity contribution >= 4 is 34.0 Å². The van der Waals surface area contributed by atoms with Crippen molar-refractivity contribution < 1.29 is 13.2 Å². The summed E-state index contributed by atoms with van der Waals surface area (Å²) in [6, 6.07) is 4.31. The van der Waals surface area contributed by atoms with Crippen LogP contribution in [0.2, 0.25) is 0 Å². The molecule has 0 spiro atoms. The number of carbonyl (C=O) groups is 1. The van der Waals surface area contributed by atoms with Crippen LogP contribution in [0.15, 0.2) is 23.1 Å². The van der Waals surface area contributed by atoms with Crippen LogP contribution in [0.1, 0.15) is 25.8 Å². The molecule has 0 aliphatic carbocycles. The molecule has 0 bridgehead atoms. The van der Waals surface area contributed by atoms with Gasteiger partial charge >= 0.3 is 0 Å². The third kappa shape index (κ3) is 3.85. The first-order chi connectivity index (χ1) is 10.3. The van der Waals surface area contributed by atoms with Crippen LogP contribution in [-0.2, 0) is 21.2 Å². The topological polar surface area (TPSA) is 92.5 Å². The molecule has 2 atom stereocenters. The first kappa shape index (κ1) is 19.9. The summed E-state index contributed by atoms with van der Waals surface area (Å²) >= 11 is 0. The average Bonchev–Trinajstić information content (AvgIpc) is 2.95. The number of hydrogen-bond acceptors (Lipinski definition) is 4.